The fourth-order valence-corrected chi connectivity index (χ4v) is 3.22. The Hall–Kier alpha value is -1.47. The first-order chi connectivity index (χ1) is 10.0. The van der Waals surface area contributed by atoms with Crippen molar-refractivity contribution in [1.29, 1.82) is 0 Å². The topological polar surface area (TPSA) is 76.0 Å². The number of halogens is 1. The minimum Gasteiger partial charge on any atom is -0.478 e. The average molecular weight is 368 g/mol. The number of hydrogen-bond donors (Lipinski definition) is 1. The zero-order chi connectivity index (χ0) is 15.4. The Labute approximate surface area is 135 Å². The molecule has 110 valence electrons. The summed E-state index contributed by atoms with van der Waals surface area (Å²) in [5.41, 5.74) is 2.01. The van der Waals surface area contributed by atoms with Gasteiger partial charge in [0, 0.05) is 9.37 Å². The zero-order valence-electron chi connectivity index (χ0n) is 11.6. The molecule has 5 nitrogen and oxygen atoms in total. The highest BCUT2D eigenvalue weighted by Crippen LogP contribution is 2.30. The lowest BCUT2D eigenvalue weighted by Crippen LogP contribution is -2.04. The van der Waals surface area contributed by atoms with Crippen LogP contribution < -0.4 is 0 Å². The van der Waals surface area contributed by atoms with E-state index in [0.717, 1.165) is 28.7 Å². The highest BCUT2D eigenvalue weighted by molar-refractivity contribution is 9.10. The van der Waals surface area contributed by atoms with E-state index in [9.17, 15) is 9.90 Å². The van der Waals surface area contributed by atoms with Crippen molar-refractivity contribution < 1.29 is 9.90 Å². The van der Waals surface area contributed by atoms with E-state index in [1.54, 1.807) is 18.2 Å². The summed E-state index contributed by atoms with van der Waals surface area (Å²) >= 11 is 4.56. The van der Waals surface area contributed by atoms with E-state index in [1.165, 1.54) is 11.8 Å². The van der Waals surface area contributed by atoms with Crippen LogP contribution in [0.4, 0.5) is 0 Å². The van der Waals surface area contributed by atoms with Gasteiger partial charge in [0.1, 0.15) is 0 Å². The summed E-state index contributed by atoms with van der Waals surface area (Å²) in [7, 11) is 0. The molecule has 7 heteroatoms. The van der Waals surface area contributed by atoms with Crippen molar-refractivity contribution in [3.63, 3.8) is 0 Å². The highest BCUT2D eigenvalue weighted by atomic mass is 79.9. The lowest BCUT2D eigenvalue weighted by molar-refractivity contribution is 0.0693. The van der Waals surface area contributed by atoms with Crippen LogP contribution in [0.25, 0.3) is 0 Å². The predicted molar refractivity (Wildman–Crippen MR) is 83.8 cm³/mol. The van der Waals surface area contributed by atoms with Gasteiger partial charge in [0.2, 0.25) is 5.16 Å². The number of hydrogen-bond acceptors (Lipinski definition) is 5. The standard InChI is InChI=1S/C14H14BrN3O2S/c1-3-10-11(4-2)17-18-14(16-10)21-12-7-8(15)5-6-9(12)13(19)20/h5-7H,3-4H2,1-2H3,(H,19,20). The lowest BCUT2D eigenvalue weighted by atomic mass is 10.2. The second-order valence-electron chi connectivity index (χ2n) is 4.24. The Bertz CT molecular complexity index is 679. The van der Waals surface area contributed by atoms with Crippen LogP contribution >= 0.6 is 27.7 Å². The SMILES string of the molecule is CCc1nnc(Sc2cc(Br)ccc2C(=O)O)nc1CC. The van der Waals surface area contributed by atoms with Crippen molar-refractivity contribution in [1.82, 2.24) is 15.2 Å². The molecule has 0 amide bonds. The van der Waals surface area contributed by atoms with Crippen LogP contribution in [-0.2, 0) is 12.8 Å². The molecule has 0 aliphatic rings. The van der Waals surface area contributed by atoms with Gasteiger partial charge in [0.25, 0.3) is 0 Å². The van der Waals surface area contributed by atoms with Crippen LogP contribution in [0.2, 0.25) is 0 Å². The normalized spacial score (nSPS) is 10.6. The minimum atomic E-state index is -0.973. The molecule has 0 radical (unpaired) electrons. The smallest absolute Gasteiger partial charge is 0.336 e. The van der Waals surface area contributed by atoms with Crippen molar-refractivity contribution in [2.75, 3.05) is 0 Å². The summed E-state index contributed by atoms with van der Waals surface area (Å²) in [5.74, 6) is -0.973. The molecule has 1 aromatic heterocycles. The van der Waals surface area contributed by atoms with Crippen molar-refractivity contribution in [3.8, 4) is 0 Å². The molecule has 0 saturated heterocycles. The molecule has 1 heterocycles. The van der Waals surface area contributed by atoms with Crippen molar-refractivity contribution >= 4 is 33.7 Å². The number of carboxylic acid groups (broad SMARTS) is 1. The largest absolute Gasteiger partial charge is 0.478 e. The van der Waals surface area contributed by atoms with E-state index in [2.05, 4.69) is 31.1 Å². The van der Waals surface area contributed by atoms with Crippen molar-refractivity contribution in [2.24, 2.45) is 0 Å². The third-order valence-electron chi connectivity index (χ3n) is 2.87. The second kappa shape index (κ2) is 7.00. The van der Waals surface area contributed by atoms with Crippen LogP contribution in [0.5, 0.6) is 0 Å². The Balaban J connectivity index is 2.38. The third-order valence-corrected chi connectivity index (χ3v) is 4.27. The maximum atomic E-state index is 11.3. The maximum Gasteiger partial charge on any atom is 0.336 e. The third kappa shape index (κ3) is 3.79. The van der Waals surface area contributed by atoms with E-state index in [1.807, 2.05) is 13.8 Å². The number of nitrogens with zero attached hydrogens (tertiary/aromatic N) is 3. The van der Waals surface area contributed by atoms with Gasteiger partial charge in [-0.3, -0.25) is 0 Å². The number of benzene rings is 1. The van der Waals surface area contributed by atoms with E-state index < -0.39 is 5.97 Å². The Kier molecular flexibility index (Phi) is 5.30. The monoisotopic (exact) mass is 367 g/mol. The van der Waals surface area contributed by atoms with Gasteiger partial charge in [-0.05, 0) is 42.8 Å². The first kappa shape index (κ1) is 15.9. The van der Waals surface area contributed by atoms with E-state index in [0.29, 0.717) is 10.1 Å². The molecular formula is C14H14BrN3O2S. The quantitative estimate of drug-likeness (QED) is 0.869. The highest BCUT2D eigenvalue weighted by Gasteiger charge is 2.14. The second-order valence-corrected chi connectivity index (χ2v) is 6.17. The van der Waals surface area contributed by atoms with Crippen LogP contribution in [-0.4, -0.2) is 26.3 Å². The first-order valence-corrected chi connectivity index (χ1v) is 8.09. The van der Waals surface area contributed by atoms with Crippen LogP contribution in [0.15, 0.2) is 32.7 Å². The molecule has 2 aromatic rings. The van der Waals surface area contributed by atoms with Gasteiger partial charge in [0.15, 0.2) is 0 Å². The summed E-state index contributed by atoms with van der Waals surface area (Å²) in [5, 5.41) is 17.9. The fraction of sp³-hybridized carbons (Fsp3) is 0.286. The predicted octanol–water partition coefficient (Wildman–Crippen LogP) is 3.61. The van der Waals surface area contributed by atoms with Crippen molar-refractivity contribution in [3.05, 3.63) is 39.6 Å². The fourth-order valence-electron chi connectivity index (χ4n) is 1.82. The lowest BCUT2D eigenvalue weighted by Gasteiger charge is -2.07. The average Bonchev–Trinajstić information content (AvgIpc) is 2.46. The number of aryl methyl sites for hydroxylation is 2. The van der Waals surface area contributed by atoms with Gasteiger partial charge in [-0.1, -0.05) is 29.8 Å². The van der Waals surface area contributed by atoms with E-state index in [-0.39, 0.29) is 5.56 Å². The van der Waals surface area contributed by atoms with E-state index >= 15 is 0 Å². The van der Waals surface area contributed by atoms with E-state index in [4.69, 9.17) is 0 Å². The number of carboxylic acids is 1. The first-order valence-electron chi connectivity index (χ1n) is 6.48. The minimum absolute atomic E-state index is 0.226. The number of aromatic carboxylic acids is 1. The van der Waals surface area contributed by atoms with Crippen molar-refractivity contribution in [2.45, 2.75) is 36.7 Å². The molecule has 0 aliphatic carbocycles. The molecule has 0 spiro atoms. The van der Waals surface area contributed by atoms with Gasteiger partial charge < -0.3 is 5.11 Å². The summed E-state index contributed by atoms with van der Waals surface area (Å²) in [6.45, 7) is 4.02. The summed E-state index contributed by atoms with van der Waals surface area (Å²) in [6.07, 6.45) is 1.56. The van der Waals surface area contributed by atoms with Gasteiger partial charge >= 0.3 is 5.97 Å². The molecule has 2 rings (SSSR count). The zero-order valence-corrected chi connectivity index (χ0v) is 14.0. The van der Waals surface area contributed by atoms with Crippen LogP contribution in [0.1, 0.15) is 35.6 Å². The molecule has 0 atom stereocenters. The number of carbonyl (C=O) groups is 1. The van der Waals surface area contributed by atoms with Gasteiger partial charge in [-0.25, -0.2) is 9.78 Å². The Morgan fingerprint density at radius 1 is 1.24 bits per heavy atom. The Morgan fingerprint density at radius 2 is 1.95 bits per heavy atom. The maximum absolute atomic E-state index is 11.3. The molecule has 0 fully saturated rings. The molecule has 0 saturated carbocycles. The molecule has 1 aromatic carbocycles. The molecular weight excluding hydrogens is 354 g/mol. The molecule has 21 heavy (non-hydrogen) atoms. The van der Waals surface area contributed by atoms with Gasteiger partial charge in [0.05, 0.1) is 17.0 Å². The summed E-state index contributed by atoms with van der Waals surface area (Å²) in [6, 6.07) is 5.00. The van der Waals surface area contributed by atoms with Gasteiger partial charge in [-0.2, -0.15) is 5.10 Å². The summed E-state index contributed by atoms with van der Waals surface area (Å²) < 4.78 is 0.809. The van der Waals surface area contributed by atoms with Crippen LogP contribution in [0, 0.1) is 0 Å². The molecule has 1 N–H and O–H groups in total. The molecule has 0 bridgehead atoms. The van der Waals surface area contributed by atoms with Gasteiger partial charge in [-0.15, -0.1) is 5.10 Å². The Morgan fingerprint density at radius 3 is 2.57 bits per heavy atom. The van der Waals surface area contributed by atoms with Crippen LogP contribution in [0.3, 0.4) is 0 Å². The molecule has 0 unspecified atom stereocenters. The summed E-state index contributed by atoms with van der Waals surface area (Å²) in [4.78, 5) is 16.3. The number of rotatable bonds is 5. The molecule has 0 aliphatic heterocycles. The number of aromatic nitrogens is 3.